The number of carbonyl (C=O) groups is 3. The Kier molecular flexibility index (Phi) is 5.34. The van der Waals surface area contributed by atoms with Crippen LogP contribution >= 0.6 is 11.6 Å². The summed E-state index contributed by atoms with van der Waals surface area (Å²) in [6.45, 7) is 0. The number of furan rings is 1. The number of fused-ring (bicyclic) bond motifs is 7. The highest BCUT2D eigenvalue weighted by atomic mass is 35.5. The van der Waals surface area contributed by atoms with Crippen LogP contribution in [0.5, 0.6) is 0 Å². The summed E-state index contributed by atoms with van der Waals surface area (Å²) in [6, 6.07) is 29.4. The maximum Gasteiger partial charge on any atom is 0.238 e. The molecule has 0 bridgehead atoms. The van der Waals surface area contributed by atoms with Gasteiger partial charge in [0.2, 0.25) is 11.7 Å². The van der Waals surface area contributed by atoms with Crippen LogP contribution in [0.1, 0.15) is 43.6 Å². The molecule has 1 N–H and O–H groups in total. The number of hydrogen-bond donors (Lipinski definition) is 1. The number of nitrogens with zero attached hydrogens (tertiary/aromatic N) is 1. The standard InChI is InChI=1S/C35H23ClN2O4/c36-25-14-6-4-12-23(25)31(39)30-29(32(40)28-19-21-10-2-8-16-27(21)42-28)35(24-13-5-7-15-26(24)37-34(35)41)33-22-11-3-1-9-20(22)17-18-38(30)33/h1-19,29-30,33H,(H,37,41)/t29-,30-,33+,35+/m0/s1. The van der Waals surface area contributed by atoms with Crippen molar-refractivity contribution in [1.29, 1.82) is 0 Å². The van der Waals surface area contributed by atoms with E-state index in [-0.39, 0.29) is 22.5 Å². The van der Waals surface area contributed by atoms with Gasteiger partial charge in [-0.25, -0.2) is 0 Å². The lowest BCUT2D eigenvalue weighted by atomic mass is 9.63. The first-order chi connectivity index (χ1) is 20.5. The van der Waals surface area contributed by atoms with Crippen LogP contribution < -0.4 is 5.32 Å². The van der Waals surface area contributed by atoms with Gasteiger partial charge in [-0.1, -0.05) is 84.4 Å². The average Bonchev–Trinajstić information content (AvgIpc) is 3.68. The lowest BCUT2D eigenvalue weighted by Gasteiger charge is -2.38. The van der Waals surface area contributed by atoms with E-state index in [0.29, 0.717) is 22.4 Å². The van der Waals surface area contributed by atoms with E-state index in [9.17, 15) is 14.4 Å². The van der Waals surface area contributed by atoms with E-state index in [0.717, 1.165) is 16.5 Å². The number of Topliss-reactive ketones (excluding diaryl/α,β-unsaturated/α-hetero) is 2. The van der Waals surface area contributed by atoms with Crippen LogP contribution in [0, 0.1) is 5.92 Å². The molecule has 3 aliphatic rings. The van der Waals surface area contributed by atoms with Crippen molar-refractivity contribution in [3.05, 3.63) is 142 Å². The number of benzene rings is 4. The summed E-state index contributed by atoms with van der Waals surface area (Å²) in [4.78, 5) is 46.0. The van der Waals surface area contributed by atoms with Gasteiger partial charge in [-0.2, -0.15) is 0 Å². The zero-order valence-corrected chi connectivity index (χ0v) is 22.9. The number of halogens is 1. The average molecular weight is 571 g/mol. The molecule has 1 saturated heterocycles. The molecule has 0 radical (unpaired) electrons. The fourth-order valence-electron chi connectivity index (χ4n) is 7.24. The van der Waals surface area contributed by atoms with Crippen LogP contribution in [0.25, 0.3) is 17.0 Å². The number of nitrogens with one attached hydrogen (secondary N) is 1. The third kappa shape index (κ3) is 3.24. The minimum Gasteiger partial charge on any atom is -0.453 e. The number of amides is 1. The zero-order valence-electron chi connectivity index (χ0n) is 22.2. The second-order valence-electron chi connectivity index (χ2n) is 10.9. The number of rotatable bonds is 4. The molecule has 1 amide bonds. The van der Waals surface area contributed by atoms with Gasteiger partial charge in [-0.05, 0) is 53.1 Å². The zero-order chi connectivity index (χ0) is 28.6. The molecular weight excluding hydrogens is 548 g/mol. The number of hydrogen-bond acceptors (Lipinski definition) is 5. The fourth-order valence-corrected chi connectivity index (χ4v) is 7.47. The van der Waals surface area contributed by atoms with Crippen molar-refractivity contribution in [1.82, 2.24) is 4.90 Å². The fraction of sp³-hybridized carbons (Fsp3) is 0.114. The van der Waals surface area contributed by atoms with Gasteiger partial charge < -0.3 is 14.6 Å². The molecule has 0 saturated carbocycles. The van der Waals surface area contributed by atoms with Gasteiger partial charge in [0, 0.05) is 22.8 Å². The van der Waals surface area contributed by atoms with E-state index in [4.69, 9.17) is 16.0 Å². The molecule has 5 aromatic rings. The summed E-state index contributed by atoms with van der Waals surface area (Å²) in [6.07, 6.45) is 3.77. The molecule has 0 aliphatic carbocycles. The number of carbonyl (C=O) groups excluding carboxylic acids is 3. The largest absolute Gasteiger partial charge is 0.453 e. The van der Waals surface area contributed by atoms with Crippen molar-refractivity contribution >= 4 is 51.8 Å². The Balaban J connectivity index is 1.44. The highest BCUT2D eigenvalue weighted by molar-refractivity contribution is 6.34. The van der Waals surface area contributed by atoms with Gasteiger partial charge in [0.1, 0.15) is 17.0 Å². The molecule has 42 heavy (non-hydrogen) atoms. The molecule has 4 atom stereocenters. The Morgan fingerprint density at radius 1 is 0.857 bits per heavy atom. The lowest BCUT2D eigenvalue weighted by molar-refractivity contribution is -0.122. The molecule has 8 rings (SSSR count). The van der Waals surface area contributed by atoms with Crippen molar-refractivity contribution in [2.24, 2.45) is 5.92 Å². The number of anilines is 1. The van der Waals surface area contributed by atoms with E-state index in [2.05, 4.69) is 5.32 Å². The van der Waals surface area contributed by atoms with Crippen LogP contribution in [-0.2, 0) is 10.2 Å². The van der Waals surface area contributed by atoms with Crippen LogP contribution in [0.4, 0.5) is 5.69 Å². The maximum absolute atomic E-state index is 14.9. The Hall–Kier alpha value is -4.94. The van der Waals surface area contributed by atoms with Crippen LogP contribution in [0.2, 0.25) is 5.02 Å². The summed E-state index contributed by atoms with van der Waals surface area (Å²) in [7, 11) is 0. The molecule has 4 aromatic carbocycles. The Morgan fingerprint density at radius 2 is 1.60 bits per heavy atom. The van der Waals surface area contributed by atoms with E-state index < -0.39 is 29.2 Å². The van der Waals surface area contributed by atoms with Crippen molar-refractivity contribution in [2.75, 3.05) is 5.32 Å². The maximum atomic E-state index is 14.9. The molecule has 1 spiro atoms. The van der Waals surface area contributed by atoms with Gasteiger partial charge in [0.25, 0.3) is 0 Å². The van der Waals surface area contributed by atoms with Crippen molar-refractivity contribution in [3.8, 4) is 0 Å². The summed E-state index contributed by atoms with van der Waals surface area (Å²) < 4.78 is 6.09. The molecule has 1 aromatic heterocycles. The molecular formula is C35H23ClN2O4. The Labute approximate surface area is 246 Å². The summed E-state index contributed by atoms with van der Waals surface area (Å²) in [5, 5.41) is 4.11. The molecule has 6 nitrogen and oxygen atoms in total. The number of ketones is 2. The minimum atomic E-state index is -1.44. The van der Waals surface area contributed by atoms with Gasteiger partial charge in [-0.15, -0.1) is 0 Å². The molecule has 7 heteroatoms. The summed E-state index contributed by atoms with van der Waals surface area (Å²) in [5.41, 5.74) is 2.51. The van der Waals surface area contributed by atoms with Crippen molar-refractivity contribution in [2.45, 2.75) is 17.5 Å². The summed E-state index contributed by atoms with van der Waals surface area (Å²) >= 11 is 6.57. The predicted octanol–water partition coefficient (Wildman–Crippen LogP) is 7.07. The first-order valence-corrected chi connectivity index (χ1v) is 14.1. The third-order valence-electron chi connectivity index (χ3n) is 8.93. The lowest BCUT2D eigenvalue weighted by Crippen LogP contribution is -2.49. The first-order valence-electron chi connectivity index (χ1n) is 13.8. The van der Waals surface area contributed by atoms with E-state index in [1.165, 1.54) is 0 Å². The SMILES string of the molecule is O=C(c1ccccc1Cl)[C@@H]1[C@@H](C(=O)c2cc3ccccc3o2)[C@@]2(C(=O)Nc3ccccc32)[C@H]2c3ccccc3C=CN12. The minimum absolute atomic E-state index is 0.104. The van der Waals surface area contributed by atoms with Gasteiger partial charge in [0.05, 0.1) is 17.0 Å². The highest BCUT2D eigenvalue weighted by Gasteiger charge is 2.71. The molecule has 0 unspecified atom stereocenters. The van der Waals surface area contributed by atoms with E-state index >= 15 is 0 Å². The van der Waals surface area contributed by atoms with Crippen LogP contribution in [0.3, 0.4) is 0 Å². The van der Waals surface area contributed by atoms with Crippen LogP contribution in [-0.4, -0.2) is 28.4 Å². The van der Waals surface area contributed by atoms with Crippen molar-refractivity contribution < 1.29 is 18.8 Å². The van der Waals surface area contributed by atoms with Crippen molar-refractivity contribution in [3.63, 3.8) is 0 Å². The Bertz CT molecular complexity index is 1960. The topological polar surface area (TPSA) is 79.6 Å². The van der Waals surface area contributed by atoms with Gasteiger partial charge in [-0.3, -0.25) is 14.4 Å². The smallest absolute Gasteiger partial charge is 0.238 e. The second kappa shape index (κ2) is 9.03. The quantitative estimate of drug-likeness (QED) is 0.234. The molecule has 1 fully saturated rings. The summed E-state index contributed by atoms with van der Waals surface area (Å²) in [5.74, 6) is -2.10. The van der Waals surface area contributed by atoms with Gasteiger partial charge in [0.15, 0.2) is 11.5 Å². The van der Waals surface area contributed by atoms with Gasteiger partial charge >= 0.3 is 0 Å². The normalized spacial score (nSPS) is 23.5. The van der Waals surface area contributed by atoms with Crippen LogP contribution in [0.15, 0.2) is 114 Å². The monoisotopic (exact) mass is 570 g/mol. The highest BCUT2D eigenvalue weighted by Crippen LogP contribution is 2.62. The molecule has 4 heterocycles. The van der Waals surface area contributed by atoms with E-state index in [1.807, 2.05) is 83.9 Å². The first kappa shape index (κ1) is 24.8. The Morgan fingerprint density at radius 3 is 2.45 bits per heavy atom. The predicted molar refractivity (Wildman–Crippen MR) is 160 cm³/mol. The molecule has 3 aliphatic heterocycles. The second-order valence-corrected chi connectivity index (χ2v) is 11.3. The van der Waals surface area contributed by atoms with E-state index in [1.54, 1.807) is 36.4 Å². The molecule has 204 valence electrons. The third-order valence-corrected chi connectivity index (χ3v) is 9.26. The number of para-hydroxylation sites is 2.